The monoisotopic (exact) mass is 280 g/mol. The van der Waals surface area contributed by atoms with E-state index >= 15 is 0 Å². The molecule has 1 saturated carbocycles. The van der Waals surface area contributed by atoms with Gasteiger partial charge in [-0.05, 0) is 73.1 Å². The van der Waals surface area contributed by atoms with Gasteiger partial charge in [0.1, 0.15) is 12.0 Å². The molecule has 0 aromatic heterocycles. The average molecular weight is 280 g/mol. The van der Waals surface area contributed by atoms with Crippen molar-refractivity contribution in [1.29, 1.82) is 0 Å². The summed E-state index contributed by atoms with van der Waals surface area (Å²) < 4.78 is 5.87. The van der Waals surface area contributed by atoms with Gasteiger partial charge in [0, 0.05) is 5.56 Å². The van der Waals surface area contributed by atoms with Crippen LogP contribution >= 0.6 is 0 Å². The SMILES string of the molecule is Cc1cc(OCC2CC2)cc(C)c1-c1cccc(C=O)c1. The first-order chi connectivity index (χ1) is 10.2. The molecule has 2 heteroatoms. The molecule has 1 fully saturated rings. The fourth-order valence-corrected chi connectivity index (χ4v) is 2.73. The van der Waals surface area contributed by atoms with Gasteiger partial charge in [0.2, 0.25) is 0 Å². The Morgan fingerprint density at radius 3 is 2.48 bits per heavy atom. The van der Waals surface area contributed by atoms with Crippen LogP contribution in [0, 0.1) is 19.8 Å². The lowest BCUT2D eigenvalue weighted by Crippen LogP contribution is -2.00. The van der Waals surface area contributed by atoms with Gasteiger partial charge in [0.05, 0.1) is 6.61 Å². The van der Waals surface area contributed by atoms with Crippen molar-refractivity contribution in [3.05, 3.63) is 53.1 Å². The molecule has 0 N–H and O–H groups in total. The number of carbonyl (C=O) groups excluding carboxylic acids is 1. The predicted octanol–water partition coefficient (Wildman–Crippen LogP) is 4.57. The standard InChI is InChI=1S/C19H20O2/c1-13-8-18(21-12-15-6-7-15)9-14(2)19(13)17-5-3-4-16(10-17)11-20/h3-5,8-11,15H,6-7,12H2,1-2H3. The molecule has 0 amide bonds. The summed E-state index contributed by atoms with van der Waals surface area (Å²) in [7, 11) is 0. The van der Waals surface area contributed by atoms with Crippen LogP contribution in [-0.2, 0) is 0 Å². The third-order valence-electron chi connectivity index (χ3n) is 4.00. The molecule has 2 nitrogen and oxygen atoms in total. The highest BCUT2D eigenvalue weighted by atomic mass is 16.5. The molecule has 2 aromatic carbocycles. The Kier molecular flexibility index (Phi) is 3.78. The van der Waals surface area contributed by atoms with Gasteiger partial charge in [-0.15, -0.1) is 0 Å². The van der Waals surface area contributed by atoms with Crippen LogP contribution in [0.1, 0.15) is 34.3 Å². The summed E-state index contributed by atoms with van der Waals surface area (Å²) in [6.07, 6.45) is 3.49. The predicted molar refractivity (Wildman–Crippen MR) is 85.0 cm³/mol. The van der Waals surface area contributed by atoms with Gasteiger partial charge in [-0.1, -0.05) is 18.2 Å². The number of aldehydes is 1. The number of rotatable bonds is 5. The fourth-order valence-electron chi connectivity index (χ4n) is 2.73. The van der Waals surface area contributed by atoms with Crippen LogP contribution in [0.2, 0.25) is 0 Å². The minimum Gasteiger partial charge on any atom is -0.493 e. The van der Waals surface area contributed by atoms with E-state index in [1.54, 1.807) is 0 Å². The minimum atomic E-state index is 0.709. The van der Waals surface area contributed by atoms with Crippen molar-refractivity contribution in [1.82, 2.24) is 0 Å². The number of benzene rings is 2. The van der Waals surface area contributed by atoms with E-state index in [1.165, 1.54) is 29.5 Å². The summed E-state index contributed by atoms with van der Waals surface area (Å²) in [5.41, 5.74) is 5.36. The topological polar surface area (TPSA) is 26.3 Å². The van der Waals surface area contributed by atoms with Gasteiger partial charge in [-0.25, -0.2) is 0 Å². The molecule has 2 aromatic rings. The summed E-state index contributed by atoms with van der Waals surface area (Å²) in [6.45, 7) is 5.03. The average Bonchev–Trinajstić information content (AvgIpc) is 3.29. The van der Waals surface area contributed by atoms with Crippen molar-refractivity contribution in [3.8, 4) is 16.9 Å². The molecule has 1 aliphatic carbocycles. The second-order valence-corrected chi connectivity index (χ2v) is 5.93. The third kappa shape index (κ3) is 3.15. The van der Waals surface area contributed by atoms with Crippen LogP contribution in [0.3, 0.4) is 0 Å². The molecule has 0 bridgehead atoms. The van der Waals surface area contributed by atoms with E-state index < -0.39 is 0 Å². The van der Waals surface area contributed by atoms with E-state index in [-0.39, 0.29) is 0 Å². The van der Waals surface area contributed by atoms with Gasteiger partial charge in [0.15, 0.2) is 0 Å². The number of ether oxygens (including phenoxy) is 1. The van der Waals surface area contributed by atoms with Gasteiger partial charge < -0.3 is 4.74 Å². The van der Waals surface area contributed by atoms with Gasteiger partial charge in [-0.3, -0.25) is 4.79 Å². The van der Waals surface area contributed by atoms with E-state index in [0.29, 0.717) is 5.56 Å². The normalized spacial score (nSPS) is 14.0. The fraction of sp³-hybridized carbons (Fsp3) is 0.316. The molecular weight excluding hydrogens is 260 g/mol. The van der Waals surface area contributed by atoms with Crippen molar-refractivity contribution >= 4 is 6.29 Å². The highest BCUT2D eigenvalue weighted by Crippen LogP contribution is 2.33. The zero-order chi connectivity index (χ0) is 14.8. The molecule has 0 unspecified atom stereocenters. The van der Waals surface area contributed by atoms with Crippen LogP contribution in [0.15, 0.2) is 36.4 Å². The van der Waals surface area contributed by atoms with Crippen LogP contribution in [0.4, 0.5) is 0 Å². The van der Waals surface area contributed by atoms with Crippen LogP contribution in [0.25, 0.3) is 11.1 Å². The second kappa shape index (κ2) is 5.72. The Balaban J connectivity index is 1.92. The Morgan fingerprint density at radius 2 is 1.86 bits per heavy atom. The summed E-state index contributed by atoms with van der Waals surface area (Å²) in [5, 5.41) is 0. The Hall–Kier alpha value is -2.09. The maximum Gasteiger partial charge on any atom is 0.150 e. The second-order valence-electron chi connectivity index (χ2n) is 5.93. The highest BCUT2D eigenvalue weighted by Gasteiger charge is 2.22. The van der Waals surface area contributed by atoms with E-state index in [0.717, 1.165) is 30.1 Å². The summed E-state index contributed by atoms with van der Waals surface area (Å²) in [4.78, 5) is 10.9. The molecule has 21 heavy (non-hydrogen) atoms. The number of hydrogen-bond donors (Lipinski definition) is 0. The molecule has 1 aliphatic rings. The lowest BCUT2D eigenvalue weighted by molar-refractivity contribution is 0.112. The molecule has 0 atom stereocenters. The zero-order valence-corrected chi connectivity index (χ0v) is 12.6. The molecular formula is C19H20O2. The maximum absolute atomic E-state index is 10.9. The van der Waals surface area contributed by atoms with Crippen LogP contribution < -0.4 is 4.74 Å². The van der Waals surface area contributed by atoms with Crippen molar-refractivity contribution in [3.63, 3.8) is 0 Å². The summed E-state index contributed by atoms with van der Waals surface area (Å²) in [5.74, 6) is 1.71. The maximum atomic E-state index is 10.9. The Bertz CT molecular complexity index is 646. The van der Waals surface area contributed by atoms with Gasteiger partial charge in [0.25, 0.3) is 0 Å². The summed E-state index contributed by atoms with van der Waals surface area (Å²) in [6, 6.07) is 11.9. The minimum absolute atomic E-state index is 0.709. The van der Waals surface area contributed by atoms with Gasteiger partial charge >= 0.3 is 0 Å². The molecule has 108 valence electrons. The van der Waals surface area contributed by atoms with Crippen molar-refractivity contribution in [2.45, 2.75) is 26.7 Å². The van der Waals surface area contributed by atoms with E-state index in [4.69, 9.17) is 4.74 Å². The first-order valence-corrected chi connectivity index (χ1v) is 7.47. The van der Waals surface area contributed by atoms with Crippen molar-refractivity contribution in [2.24, 2.45) is 5.92 Å². The Morgan fingerprint density at radius 1 is 1.14 bits per heavy atom. The highest BCUT2D eigenvalue weighted by molar-refractivity contribution is 5.80. The zero-order valence-electron chi connectivity index (χ0n) is 12.6. The van der Waals surface area contributed by atoms with Crippen LogP contribution in [0.5, 0.6) is 5.75 Å². The van der Waals surface area contributed by atoms with E-state index in [2.05, 4.69) is 26.0 Å². The largest absolute Gasteiger partial charge is 0.493 e. The number of aryl methyl sites for hydroxylation is 2. The van der Waals surface area contributed by atoms with Gasteiger partial charge in [-0.2, -0.15) is 0 Å². The lowest BCUT2D eigenvalue weighted by Gasteiger charge is -2.14. The quantitative estimate of drug-likeness (QED) is 0.750. The molecule has 0 heterocycles. The molecule has 0 aliphatic heterocycles. The molecule has 0 spiro atoms. The first kappa shape index (κ1) is 13.9. The molecule has 0 radical (unpaired) electrons. The molecule has 0 saturated heterocycles. The Labute approximate surface area is 125 Å². The van der Waals surface area contributed by atoms with E-state index in [1.807, 2.05) is 24.3 Å². The smallest absolute Gasteiger partial charge is 0.150 e. The lowest BCUT2D eigenvalue weighted by atomic mass is 9.94. The van der Waals surface area contributed by atoms with Crippen molar-refractivity contribution < 1.29 is 9.53 Å². The number of hydrogen-bond acceptors (Lipinski definition) is 2. The van der Waals surface area contributed by atoms with Crippen molar-refractivity contribution in [2.75, 3.05) is 6.61 Å². The van der Waals surface area contributed by atoms with E-state index in [9.17, 15) is 4.79 Å². The number of carbonyl (C=O) groups is 1. The molecule has 3 rings (SSSR count). The van der Waals surface area contributed by atoms with Crippen LogP contribution in [-0.4, -0.2) is 12.9 Å². The third-order valence-corrected chi connectivity index (χ3v) is 4.00. The first-order valence-electron chi connectivity index (χ1n) is 7.47. The summed E-state index contributed by atoms with van der Waals surface area (Å²) >= 11 is 0.